The van der Waals surface area contributed by atoms with Crippen LogP contribution in [0.2, 0.25) is 5.02 Å². The number of pyridine rings is 1. The maximum Gasteiger partial charge on any atom is 0.314 e. The van der Waals surface area contributed by atoms with Crippen LogP contribution in [0.25, 0.3) is 5.65 Å². The molecule has 1 saturated heterocycles. The third-order valence-corrected chi connectivity index (χ3v) is 5.31. The molecule has 0 aliphatic carbocycles. The van der Waals surface area contributed by atoms with Crippen molar-refractivity contribution in [3.8, 4) is 0 Å². The predicted molar refractivity (Wildman–Crippen MR) is 91.7 cm³/mol. The van der Waals surface area contributed by atoms with Gasteiger partial charge in [0.1, 0.15) is 28.4 Å². The molecule has 2 atom stereocenters. The zero-order chi connectivity index (χ0) is 16.4. The Morgan fingerprint density at radius 1 is 1.57 bits per heavy atom. The molecule has 7 heteroatoms. The maximum absolute atomic E-state index is 12.0. The Bertz CT molecular complexity index is 719. The van der Waals surface area contributed by atoms with Crippen LogP contribution in [0.4, 0.5) is 0 Å². The number of esters is 1. The first kappa shape index (κ1) is 16.7. The Labute approximate surface area is 148 Å². The highest BCUT2D eigenvalue weighted by atomic mass is 79.9. The van der Waals surface area contributed by atoms with Gasteiger partial charge in [0, 0.05) is 6.20 Å². The van der Waals surface area contributed by atoms with Gasteiger partial charge in [-0.3, -0.25) is 9.20 Å². The summed E-state index contributed by atoms with van der Waals surface area (Å²) in [7, 11) is 0. The monoisotopic (exact) mass is 400 g/mol. The van der Waals surface area contributed by atoms with Crippen molar-refractivity contribution in [2.24, 2.45) is 5.92 Å². The summed E-state index contributed by atoms with van der Waals surface area (Å²) in [5.41, 5.74) is 1.86. The van der Waals surface area contributed by atoms with Crippen LogP contribution in [0.1, 0.15) is 25.5 Å². The van der Waals surface area contributed by atoms with E-state index in [1.807, 2.05) is 29.7 Å². The number of carbonyl (C=O) groups excluding carboxylic acids is 1. The first-order valence-electron chi connectivity index (χ1n) is 7.90. The Hall–Kier alpha value is -1.11. The van der Waals surface area contributed by atoms with Gasteiger partial charge in [0.15, 0.2) is 0 Å². The van der Waals surface area contributed by atoms with Gasteiger partial charge in [-0.05, 0) is 47.8 Å². The fraction of sp³-hybridized carbons (Fsp3) is 0.500. The normalized spacial score (nSPS) is 21.5. The number of hydrogen-bond donors (Lipinski definition) is 1. The number of hydrogen-bond acceptors (Lipinski definition) is 3. The van der Waals surface area contributed by atoms with Gasteiger partial charge >= 0.3 is 5.97 Å². The van der Waals surface area contributed by atoms with Gasteiger partial charge in [0.2, 0.25) is 0 Å². The first-order valence-corrected chi connectivity index (χ1v) is 9.07. The number of carbonyl (C=O) groups is 1. The number of piperidine rings is 1. The number of nitrogens with zero attached hydrogens (tertiary/aromatic N) is 2. The van der Waals surface area contributed by atoms with Crippen LogP contribution in [-0.4, -0.2) is 35.1 Å². The summed E-state index contributed by atoms with van der Waals surface area (Å²) >= 11 is 9.67. The highest BCUT2D eigenvalue weighted by molar-refractivity contribution is 9.10. The van der Waals surface area contributed by atoms with Crippen LogP contribution in [0, 0.1) is 5.92 Å². The Kier molecular flexibility index (Phi) is 5.24. The van der Waals surface area contributed by atoms with Crippen LogP contribution in [-0.2, 0) is 16.1 Å². The fourth-order valence-electron chi connectivity index (χ4n) is 3.16. The highest BCUT2D eigenvalue weighted by Gasteiger charge is 2.30. The first-order chi connectivity index (χ1) is 11.1. The predicted octanol–water partition coefficient (Wildman–Crippen LogP) is 2.11. The van der Waals surface area contributed by atoms with Crippen LogP contribution >= 0.6 is 27.5 Å². The van der Waals surface area contributed by atoms with E-state index in [1.54, 1.807) is 0 Å². The molecule has 2 aromatic heterocycles. The molecule has 1 aliphatic heterocycles. The zero-order valence-electron chi connectivity index (χ0n) is 13.0. The van der Waals surface area contributed by atoms with E-state index in [4.69, 9.17) is 16.3 Å². The van der Waals surface area contributed by atoms with E-state index >= 15 is 0 Å². The summed E-state index contributed by atoms with van der Waals surface area (Å²) in [6.07, 6.45) is 3.81. The van der Waals surface area contributed by atoms with E-state index < -0.39 is 0 Å². The Morgan fingerprint density at radius 3 is 3.17 bits per heavy atom. The third-order valence-electron chi connectivity index (χ3n) is 4.25. The van der Waals surface area contributed by atoms with Crippen LogP contribution < -0.4 is 4.90 Å². The molecule has 0 saturated carbocycles. The largest absolute Gasteiger partial charge is 0.466 e. The minimum atomic E-state index is -0.0643. The summed E-state index contributed by atoms with van der Waals surface area (Å²) in [6, 6.07) is 3.74. The molecule has 0 bridgehead atoms. The number of quaternary nitrogens is 1. The van der Waals surface area contributed by atoms with Gasteiger partial charge in [-0.15, -0.1) is 0 Å². The summed E-state index contributed by atoms with van der Waals surface area (Å²) < 4.78 is 8.05. The van der Waals surface area contributed by atoms with Crippen molar-refractivity contribution in [2.45, 2.75) is 26.3 Å². The molecule has 1 fully saturated rings. The molecule has 1 unspecified atom stereocenters. The third kappa shape index (κ3) is 3.70. The standard InChI is InChI=1S/C16H19BrClN3O2/c1-2-23-16(22)11-4-3-7-20(8-11)10-13-15(17)21-9-12(18)5-6-14(21)19-13/h5-6,9,11H,2-4,7-8,10H2,1H3/p+1/t11-/m0/s1. The molecule has 3 heterocycles. The molecule has 0 spiro atoms. The lowest BCUT2D eigenvalue weighted by atomic mass is 9.98. The average molecular weight is 402 g/mol. The summed E-state index contributed by atoms with van der Waals surface area (Å²) in [4.78, 5) is 18.0. The van der Waals surface area contributed by atoms with Crippen LogP contribution in [0.5, 0.6) is 0 Å². The van der Waals surface area contributed by atoms with Crippen molar-refractivity contribution < 1.29 is 14.4 Å². The van der Waals surface area contributed by atoms with Crippen molar-refractivity contribution in [1.29, 1.82) is 0 Å². The van der Waals surface area contributed by atoms with Gasteiger partial charge in [-0.1, -0.05) is 11.6 Å². The van der Waals surface area contributed by atoms with Gasteiger partial charge in [0.05, 0.1) is 24.7 Å². The second-order valence-corrected chi connectivity index (χ2v) is 7.08. The molecule has 1 aliphatic rings. The summed E-state index contributed by atoms with van der Waals surface area (Å²) in [5.74, 6) is -0.0606. The van der Waals surface area contributed by atoms with Gasteiger partial charge in [-0.25, -0.2) is 4.98 Å². The number of nitrogens with one attached hydrogen (secondary N) is 1. The van der Waals surface area contributed by atoms with Crippen molar-refractivity contribution in [3.05, 3.63) is 33.6 Å². The van der Waals surface area contributed by atoms with Crippen LogP contribution in [0.3, 0.4) is 0 Å². The lowest BCUT2D eigenvalue weighted by molar-refractivity contribution is -0.921. The van der Waals surface area contributed by atoms with Crippen molar-refractivity contribution in [2.75, 3.05) is 19.7 Å². The number of ether oxygens (including phenoxy) is 1. The van der Waals surface area contributed by atoms with Gasteiger partial charge < -0.3 is 9.64 Å². The lowest BCUT2D eigenvalue weighted by Gasteiger charge is -2.28. The zero-order valence-corrected chi connectivity index (χ0v) is 15.4. The maximum atomic E-state index is 12.0. The Morgan fingerprint density at radius 2 is 2.39 bits per heavy atom. The van der Waals surface area contributed by atoms with Crippen molar-refractivity contribution >= 4 is 39.1 Å². The summed E-state index contributed by atoms with van der Waals surface area (Å²) in [6.45, 7) is 4.94. The van der Waals surface area contributed by atoms with E-state index in [9.17, 15) is 4.79 Å². The van der Waals surface area contributed by atoms with E-state index in [2.05, 4.69) is 20.9 Å². The highest BCUT2D eigenvalue weighted by Crippen LogP contribution is 2.21. The second-order valence-electron chi connectivity index (χ2n) is 5.90. The number of imidazole rings is 1. The van der Waals surface area contributed by atoms with Gasteiger partial charge in [0.25, 0.3) is 0 Å². The second kappa shape index (κ2) is 7.20. The van der Waals surface area contributed by atoms with E-state index in [1.165, 1.54) is 4.90 Å². The van der Waals surface area contributed by atoms with E-state index in [0.29, 0.717) is 11.6 Å². The molecule has 3 rings (SSSR count). The molecule has 23 heavy (non-hydrogen) atoms. The molecular weight excluding hydrogens is 382 g/mol. The molecule has 0 radical (unpaired) electrons. The minimum Gasteiger partial charge on any atom is -0.466 e. The number of likely N-dealkylation sites (tertiary alicyclic amines) is 1. The minimum absolute atomic E-state index is 0.00366. The van der Waals surface area contributed by atoms with Crippen molar-refractivity contribution in [1.82, 2.24) is 9.38 Å². The summed E-state index contributed by atoms with van der Waals surface area (Å²) in [5, 5.41) is 0.676. The fourth-order valence-corrected chi connectivity index (χ4v) is 3.83. The SMILES string of the molecule is CCOC(=O)[C@H]1CCC[NH+](Cc2nc3ccc(Cl)cn3c2Br)C1. The number of halogens is 2. The van der Waals surface area contributed by atoms with E-state index in [-0.39, 0.29) is 11.9 Å². The lowest BCUT2D eigenvalue weighted by Crippen LogP contribution is -3.12. The quantitative estimate of drug-likeness (QED) is 0.798. The smallest absolute Gasteiger partial charge is 0.314 e. The van der Waals surface area contributed by atoms with Gasteiger partial charge in [-0.2, -0.15) is 0 Å². The topological polar surface area (TPSA) is 48.0 Å². The average Bonchev–Trinajstić information content (AvgIpc) is 2.84. The molecule has 5 nitrogen and oxygen atoms in total. The Balaban J connectivity index is 1.74. The number of fused-ring (bicyclic) bond motifs is 1. The van der Waals surface area contributed by atoms with Crippen LogP contribution in [0.15, 0.2) is 22.9 Å². The van der Waals surface area contributed by atoms with E-state index in [0.717, 1.165) is 48.4 Å². The molecule has 1 N–H and O–H groups in total. The molecule has 0 aromatic carbocycles. The molecule has 0 amide bonds. The number of aromatic nitrogens is 2. The van der Waals surface area contributed by atoms with Crippen molar-refractivity contribution in [3.63, 3.8) is 0 Å². The molecule has 124 valence electrons. The molecule has 2 aromatic rings. The number of rotatable bonds is 4. The molecular formula is C16H20BrClN3O2+.